The van der Waals surface area contributed by atoms with E-state index in [1.54, 1.807) is 12.1 Å². The van der Waals surface area contributed by atoms with Crippen molar-refractivity contribution in [3.8, 4) is 0 Å². The first-order valence-electron chi connectivity index (χ1n) is 7.14. The van der Waals surface area contributed by atoms with E-state index in [9.17, 15) is 14.7 Å². The number of carbonyl (C=O) groups is 1. The molecule has 0 aliphatic carbocycles. The predicted molar refractivity (Wildman–Crippen MR) is 85.0 cm³/mol. The lowest BCUT2D eigenvalue weighted by atomic mass is 9.98. The third kappa shape index (κ3) is 1.93. The number of aliphatic hydroxyl groups is 1. The minimum atomic E-state index is -0.634. The molecule has 1 aliphatic rings. The number of anilines is 1. The van der Waals surface area contributed by atoms with Crippen molar-refractivity contribution in [2.45, 2.75) is 13.0 Å². The molecule has 0 saturated carbocycles. The number of hydrogen-bond donors (Lipinski definition) is 2. The van der Waals surface area contributed by atoms with Crippen molar-refractivity contribution < 1.29 is 23.5 Å². The van der Waals surface area contributed by atoms with Gasteiger partial charge in [0.2, 0.25) is 0 Å². The van der Waals surface area contributed by atoms with E-state index in [1.807, 2.05) is 0 Å². The molecule has 0 spiro atoms. The van der Waals surface area contributed by atoms with Gasteiger partial charge in [-0.25, -0.2) is 9.59 Å². The van der Waals surface area contributed by atoms with Crippen LogP contribution < -0.4 is 11.1 Å². The number of furan rings is 1. The van der Waals surface area contributed by atoms with Crippen molar-refractivity contribution in [3.63, 3.8) is 0 Å². The first kappa shape index (κ1) is 14.5. The Morgan fingerprint density at radius 3 is 3.04 bits per heavy atom. The normalized spacial score (nSPS) is 13.5. The molecular formula is C16H12N2O6. The number of nitrogens with zero attached hydrogens (tertiary/aromatic N) is 1. The van der Waals surface area contributed by atoms with Crippen molar-refractivity contribution >= 4 is 39.3 Å². The second kappa shape index (κ2) is 5.20. The van der Waals surface area contributed by atoms with Crippen LogP contribution in [-0.4, -0.2) is 23.9 Å². The number of aliphatic hydroxyl groups excluding tert-OH is 1. The topological polar surface area (TPSA) is 114 Å². The Balaban J connectivity index is 2.05. The molecule has 3 heterocycles. The zero-order valence-corrected chi connectivity index (χ0v) is 12.6. The summed E-state index contributed by atoms with van der Waals surface area (Å²) in [6.45, 7) is -0.353. The molecule has 8 nitrogen and oxygen atoms in total. The van der Waals surface area contributed by atoms with Gasteiger partial charge in [0.1, 0.15) is 22.6 Å². The van der Waals surface area contributed by atoms with Gasteiger partial charge in [-0.1, -0.05) is 0 Å². The zero-order valence-electron chi connectivity index (χ0n) is 12.6. The summed E-state index contributed by atoms with van der Waals surface area (Å²) < 4.78 is 15.4. The summed E-state index contributed by atoms with van der Waals surface area (Å²) >= 11 is 0. The summed E-state index contributed by atoms with van der Waals surface area (Å²) in [7, 11) is 1.26. The van der Waals surface area contributed by atoms with Crippen LogP contribution in [0.1, 0.15) is 11.1 Å². The molecule has 0 atom stereocenters. The molecule has 8 heteroatoms. The highest BCUT2D eigenvalue weighted by Gasteiger charge is 2.26. The van der Waals surface area contributed by atoms with Crippen LogP contribution in [0, 0.1) is 0 Å². The molecule has 0 unspecified atom stereocenters. The van der Waals surface area contributed by atoms with Crippen LogP contribution in [0.15, 0.2) is 37.1 Å². The second-order valence-corrected chi connectivity index (χ2v) is 5.31. The molecule has 122 valence electrons. The summed E-state index contributed by atoms with van der Waals surface area (Å²) in [5, 5.41) is 14.9. The minimum Gasteiger partial charge on any atom is -0.464 e. The highest BCUT2D eigenvalue weighted by molar-refractivity contribution is 6.37. The van der Waals surface area contributed by atoms with Crippen LogP contribution in [0.25, 0.3) is 21.9 Å². The minimum absolute atomic E-state index is 0.116. The number of fused-ring (bicyclic) bond motifs is 4. The molecule has 1 aliphatic heterocycles. The largest absolute Gasteiger partial charge is 0.464 e. The highest BCUT2D eigenvalue weighted by atomic mass is 16.5. The van der Waals surface area contributed by atoms with E-state index in [-0.39, 0.29) is 30.0 Å². The van der Waals surface area contributed by atoms with E-state index in [2.05, 4.69) is 15.3 Å². The van der Waals surface area contributed by atoms with Gasteiger partial charge in [0.15, 0.2) is 0 Å². The standard InChI is InChI=1S/C16H12N2O6/c1-22-15(20)11-5-8-9-4-7-2-3-23-13(7)10(6-19)14(9)24-16(21)12(8)18-17-11/h2-4,18-19H,5-6H2,1H3. The van der Waals surface area contributed by atoms with Crippen LogP contribution in [0.3, 0.4) is 0 Å². The Morgan fingerprint density at radius 2 is 2.29 bits per heavy atom. The summed E-state index contributed by atoms with van der Waals surface area (Å²) in [6.07, 6.45) is 1.61. The highest BCUT2D eigenvalue weighted by Crippen LogP contribution is 2.34. The molecule has 1 aromatic carbocycles. The van der Waals surface area contributed by atoms with Crippen LogP contribution in [0.4, 0.5) is 5.69 Å². The van der Waals surface area contributed by atoms with E-state index in [0.29, 0.717) is 22.1 Å². The van der Waals surface area contributed by atoms with Crippen LogP contribution in [0.5, 0.6) is 0 Å². The summed E-state index contributed by atoms with van der Waals surface area (Å²) in [6, 6.07) is 3.54. The molecule has 3 aromatic rings. The molecule has 0 saturated heterocycles. The summed E-state index contributed by atoms with van der Waals surface area (Å²) in [5.41, 5.74) is 3.88. The average Bonchev–Trinajstić information content (AvgIpc) is 3.07. The number of nitrogens with one attached hydrogen (secondary N) is 1. The van der Waals surface area contributed by atoms with Gasteiger partial charge in [0, 0.05) is 22.8 Å². The second-order valence-electron chi connectivity index (χ2n) is 5.31. The number of rotatable bonds is 2. The SMILES string of the molecule is COC(=O)C1=NNc2c(c3cc4ccoc4c(CO)c3oc2=O)C1. The zero-order chi connectivity index (χ0) is 16.8. The molecule has 24 heavy (non-hydrogen) atoms. The van der Waals surface area contributed by atoms with Gasteiger partial charge in [0.05, 0.1) is 25.5 Å². The smallest absolute Gasteiger partial charge is 0.362 e. The fourth-order valence-electron chi connectivity index (χ4n) is 2.91. The molecule has 4 rings (SSSR count). The Labute approximate surface area is 134 Å². The first-order chi connectivity index (χ1) is 11.6. The molecule has 2 N–H and O–H groups in total. The maximum absolute atomic E-state index is 12.2. The predicted octanol–water partition coefficient (Wildman–Crippen LogP) is 1.53. The number of carbonyl (C=O) groups excluding carboxylic acids is 1. The van der Waals surface area contributed by atoms with Crippen molar-refractivity contribution in [1.82, 2.24) is 0 Å². The quantitative estimate of drug-likeness (QED) is 0.541. The Hall–Kier alpha value is -3.13. The number of esters is 1. The average molecular weight is 328 g/mol. The van der Waals surface area contributed by atoms with Gasteiger partial charge < -0.3 is 18.7 Å². The molecule has 2 aromatic heterocycles. The molecule has 0 amide bonds. The number of hydrogen-bond acceptors (Lipinski definition) is 8. The number of benzene rings is 1. The fraction of sp³-hybridized carbons (Fsp3) is 0.188. The maximum atomic E-state index is 12.2. The lowest BCUT2D eigenvalue weighted by molar-refractivity contribution is -0.132. The third-order valence-electron chi connectivity index (χ3n) is 4.04. The van der Waals surface area contributed by atoms with E-state index in [4.69, 9.17) is 8.83 Å². The number of ether oxygens (including phenoxy) is 1. The van der Waals surface area contributed by atoms with Gasteiger partial charge in [-0.2, -0.15) is 5.10 Å². The molecule has 0 radical (unpaired) electrons. The Bertz CT molecular complexity index is 1080. The van der Waals surface area contributed by atoms with E-state index in [0.717, 1.165) is 5.39 Å². The maximum Gasteiger partial charge on any atom is 0.362 e. The van der Waals surface area contributed by atoms with Crippen LogP contribution in [0.2, 0.25) is 0 Å². The van der Waals surface area contributed by atoms with Gasteiger partial charge in [-0.05, 0) is 12.1 Å². The lowest BCUT2D eigenvalue weighted by Crippen LogP contribution is -2.26. The van der Waals surface area contributed by atoms with E-state index >= 15 is 0 Å². The van der Waals surface area contributed by atoms with Crippen LogP contribution in [-0.2, 0) is 22.6 Å². The van der Waals surface area contributed by atoms with Crippen molar-refractivity contribution in [3.05, 3.63) is 39.9 Å². The Kier molecular flexibility index (Phi) is 3.14. The third-order valence-corrected chi connectivity index (χ3v) is 4.04. The fourth-order valence-corrected chi connectivity index (χ4v) is 2.91. The van der Waals surface area contributed by atoms with E-state index < -0.39 is 11.6 Å². The van der Waals surface area contributed by atoms with Crippen LogP contribution >= 0.6 is 0 Å². The van der Waals surface area contributed by atoms with Gasteiger partial charge in [-0.3, -0.25) is 5.43 Å². The van der Waals surface area contributed by atoms with Crippen molar-refractivity contribution in [2.24, 2.45) is 5.10 Å². The number of hydrazone groups is 1. The molecule has 0 fully saturated rings. The van der Waals surface area contributed by atoms with E-state index in [1.165, 1.54) is 13.4 Å². The lowest BCUT2D eigenvalue weighted by Gasteiger charge is -2.17. The summed E-state index contributed by atoms with van der Waals surface area (Å²) in [5.74, 6) is -0.582. The van der Waals surface area contributed by atoms with Gasteiger partial charge in [0.25, 0.3) is 0 Å². The van der Waals surface area contributed by atoms with Gasteiger partial charge >= 0.3 is 11.6 Å². The monoisotopic (exact) mass is 328 g/mol. The van der Waals surface area contributed by atoms with Crippen molar-refractivity contribution in [1.29, 1.82) is 0 Å². The first-order valence-corrected chi connectivity index (χ1v) is 7.14. The van der Waals surface area contributed by atoms with Crippen molar-refractivity contribution in [2.75, 3.05) is 12.5 Å². The summed E-state index contributed by atoms with van der Waals surface area (Å²) in [4.78, 5) is 24.0. The number of methoxy groups -OCH3 is 1. The molecule has 0 bridgehead atoms. The molecular weight excluding hydrogens is 316 g/mol. The Morgan fingerprint density at radius 1 is 1.46 bits per heavy atom. The van der Waals surface area contributed by atoms with Gasteiger partial charge in [-0.15, -0.1) is 0 Å².